The maximum absolute atomic E-state index is 9.55. The summed E-state index contributed by atoms with van der Waals surface area (Å²) < 4.78 is 12.5. The third-order valence-corrected chi connectivity index (χ3v) is 23.2. The molecule has 0 saturated carbocycles. The SMILES string of the molecule is C.CC1(C)c2cc(C#N)ccc2-c2ccc(-c3cccc(-c4cccc(-c5nc(-c6ccccc6)nc(-c6ccc(-c7ccccc7)cc6)n5)c4)c3)cc21.CC1(C)c2cc(C#N)ccc2-c2ccc(B3OC(C)(C)C(C)(C)O3)cc21.Clc1cccc(-c2cccc(-c3nc(-c4ccccc4)nc(-c4ccc(-c5ccccc5)cc4)n3)c2)c1. The van der Waals surface area contributed by atoms with E-state index >= 15 is 0 Å². The Morgan fingerprint density at radius 3 is 0.889 bits per heavy atom. The lowest BCUT2D eigenvalue weighted by Crippen LogP contribution is -2.41. The maximum atomic E-state index is 9.55. The molecule has 0 unspecified atom stereocenters. The van der Waals surface area contributed by atoms with E-state index in [0.29, 0.717) is 51.1 Å². The van der Waals surface area contributed by atoms with Gasteiger partial charge in [0.15, 0.2) is 34.9 Å². The maximum Gasteiger partial charge on any atom is 0.494 e. The van der Waals surface area contributed by atoms with Crippen molar-refractivity contribution in [1.82, 2.24) is 29.9 Å². The molecule has 0 radical (unpaired) electrons. The van der Waals surface area contributed by atoms with E-state index in [1.807, 2.05) is 146 Å². The van der Waals surface area contributed by atoms with Crippen LogP contribution < -0.4 is 5.46 Å². The Labute approximate surface area is 690 Å². The van der Waals surface area contributed by atoms with Crippen molar-refractivity contribution in [2.75, 3.05) is 0 Å². The predicted molar refractivity (Wildman–Crippen MR) is 478 cm³/mol. The van der Waals surface area contributed by atoms with Gasteiger partial charge in [-0.3, -0.25) is 0 Å². The zero-order chi connectivity index (χ0) is 79.9. The van der Waals surface area contributed by atoms with Crippen LogP contribution in [0.1, 0.15) is 96.2 Å². The van der Waals surface area contributed by atoms with E-state index in [9.17, 15) is 10.5 Å². The van der Waals surface area contributed by atoms with Gasteiger partial charge in [0.2, 0.25) is 0 Å². The third-order valence-electron chi connectivity index (χ3n) is 22.9. The smallest absolute Gasteiger partial charge is 0.399 e. The molecule has 3 aliphatic rings. The average Bonchev–Trinajstić information content (AvgIpc) is 1.58. The van der Waals surface area contributed by atoms with E-state index in [1.54, 1.807) is 0 Å². The Hall–Kier alpha value is -13.6. The Morgan fingerprint density at radius 2 is 0.513 bits per heavy atom. The minimum absolute atomic E-state index is 0. The molecule has 2 aliphatic carbocycles. The van der Waals surface area contributed by atoms with Gasteiger partial charge in [0, 0.05) is 49.2 Å². The summed E-state index contributed by atoms with van der Waals surface area (Å²) in [4.78, 5) is 29.6. The highest BCUT2D eigenvalue weighted by Crippen LogP contribution is 2.52. The van der Waals surface area contributed by atoms with Crippen molar-refractivity contribution in [2.45, 2.75) is 84.8 Å². The fourth-order valence-corrected chi connectivity index (χ4v) is 15.9. The highest BCUT2D eigenvalue weighted by Gasteiger charge is 2.52. The summed E-state index contributed by atoms with van der Waals surface area (Å²) in [5.41, 5.74) is 28.0. The van der Waals surface area contributed by atoms with Crippen LogP contribution in [0.15, 0.2) is 340 Å². The quantitative estimate of drug-likeness (QED) is 0.108. The first-order chi connectivity index (χ1) is 56.2. The van der Waals surface area contributed by atoms with Crippen molar-refractivity contribution < 1.29 is 9.31 Å². The minimum Gasteiger partial charge on any atom is -0.399 e. The molecule has 566 valence electrons. The van der Waals surface area contributed by atoms with Crippen LogP contribution >= 0.6 is 11.6 Å². The number of hydrogen-bond donors (Lipinski definition) is 0. The average molecular weight is 1540 g/mol. The Kier molecular flexibility index (Phi) is 21.1. The van der Waals surface area contributed by atoms with Gasteiger partial charge in [-0.1, -0.05) is 326 Å². The summed E-state index contributed by atoms with van der Waals surface area (Å²) in [6.45, 7) is 17.2. The first-order valence-electron chi connectivity index (χ1n) is 39.0. The molecule has 14 aromatic carbocycles. The van der Waals surface area contributed by atoms with Gasteiger partial charge in [-0.05, 0) is 194 Å². The number of hydrogen-bond acceptors (Lipinski definition) is 10. The lowest BCUT2D eigenvalue weighted by molar-refractivity contribution is 0.00578. The number of benzene rings is 14. The monoisotopic (exact) mass is 1530 g/mol. The molecule has 1 fully saturated rings. The summed E-state index contributed by atoms with van der Waals surface area (Å²) >= 11 is 6.25. The van der Waals surface area contributed by atoms with Gasteiger partial charge in [0.25, 0.3) is 0 Å². The van der Waals surface area contributed by atoms with Crippen molar-refractivity contribution in [3.63, 3.8) is 0 Å². The van der Waals surface area contributed by atoms with Gasteiger partial charge in [-0.25, -0.2) is 29.9 Å². The molecule has 1 aliphatic heterocycles. The van der Waals surface area contributed by atoms with Gasteiger partial charge in [-0.15, -0.1) is 0 Å². The third kappa shape index (κ3) is 15.6. The highest BCUT2D eigenvalue weighted by atomic mass is 35.5. The molecule has 1 saturated heterocycles. The van der Waals surface area contributed by atoms with Crippen molar-refractivity contribution in [3.05, 3.63) is 378 Å². The van der Waals surface area contributed by atoms with Crippen LogP contribution in [0, 0.1) is 22.7 Å². The summed E-state index contributed by atoms with van der Waals surface area (Å²) in [6.07, 6.45) is 0. The van der Waals surface area contributed by atoms with E-state index in [0.717, 1.165) is 83.4 Å². The first-order valence-corrected chi connectivity index (χ1v) is 39.4. The van der Waals surface area contributed by atoms with E-state index in [1.165, 1.54) is 55.6 Å². The Bertz CT molecular complexity index is 6480. The summed E-state index contributed by atoms with van der Waals surface area (Å²) in [5.74, 6) is 3.79. The predicted octanol–water partition coefficient (Wildman–Crippen LogP) is 25.7. The van der Waals surface area contributed by atoms with Crippen LogP contribution in [0.25, 0.3) is 146 Å². The molecule has 0 atom stereocenters. The van der Waals surface area contributed by atoms with Gasteiger partial charge < -0.3 is 9.31 Å². The second kappa shape index (κ2) is 32.0. The number of aromatic nitrogens is 6. The molecule has 19 rings (SSSR count). The lowest BCUT2D eigenvalue weighted by Gasteiger charge is -2.32. The van der Waals surface area contributed by atoms with Crippen molar-refractivity contribution in [3.8, 4) is 158 Å². The molecule has 16 aromatic rings. The Balaban J connectivity index is 0.000000140. The van der Waals surface area contributed by atoms with Crippen molar-refractivity contribution >= 4 is 24.2 Å². The van der Waals surface area contributed by atoms with Crippen LogP contribution in [-0.2, 0) is 20.1 Å². The molecule has 2 aromatic heterocycles. The van der Waals surface area contributed by atoms with Crippen LogP contribution in [0.4, 0.5) is 0 Å². The molecule has 0 spiro atoms. The number of nitrogens with zero attached hydrogens (tertiary/aromatic N) is 8. The van der Waals surface area contributed by atoms with E-state index in [2.05, 4.69) is 262 Å². The molecule has 3 heterocycles. The second-order valence-electron chi connectivity index (χ2n) is 31.6. The highest BCUT2D eigenvalue weighted by molar-refractivity contribution is 6.62. The number of nitriles is 2. The fourth-order valence-electron chi connectivity index (χ4n) is 15.7. The Morgan fingerprint density at radius 1 is 0.256 bits per heavy atom. The first kappa shape index (κ1) is 77.3. The summed E-state index contributed by atoms with van der Waals surface area (Å²) in [6, 6.07) is 121. The molecule has 0 amide bonds. The minimum atomic E-state index is -0.362. The van der Waals surface area contributed by atoms with Gasteiger partial charge in [0.1, 0.15) is 0 Å². The molecule has 0 bridgehead atoms. The number of halogens is 1. The van der Waals surface area contributed by atoms with Crippen molar-refractivity contribution in [1.29, 1.82) is 10.5 Å². The lowest BCUT2D eigenvalue weighted by atomic mass is 9.74. The molecule has 12 heteroatoms. The number of rotatable bonds is 12. The van der Waals surface area contributed by atoms with Crippen LogP contribution in [0.2, 0.25) is 5.02 Å². The zero-order valence-corrected chi connectivity index (χ0v) is 66.4. The fraction of sp³-hybridized carbons (Fsp3) is 0.124. The van der Waals surface area contributed by atoms with Crippen LogP contribution in [0.5, 0.6) is 0 Å². The summed E-state index contributed by atoms with van der Waals surface area (Å²) in [5, 5.41) is 19.5. The molecule has 117 heavy (non-hydrogen) atoms. The number of fused-ring (bicyclic) bond motifs is 6. The normalized spacial score (nSPS) is 13.8. The summed E-state index contributed by atoms with van der Waals surface area (Å²) in [7, 11) is -0.362. The standard InChI is InChI=1S/C49H34N4.C33H22ClN3.C22H24BNO2.CH4/c1-49(2)44-27-32(31-50)19-25-42(44)43-26-24-40(30-45(43)49)38-16-9-15-37(28-38)39-17-10-18-41(29-39)48-52-46(35-13-7-4-8-14-35)51-47(53-48)36-22-20-34(21-23-36)33-11-5-3-6-12-33;34-30-16-8-14-28(22-30)27-13-7-15-29(21-27)33-36-31(25-11-5-2-6-12-25)35-32(37-33)26-19-17-24(18-20-26)23-9-3-1-4-10-23;1-20(2)18-11-14(13-24)7-9-16(18)17-10-8-15(12-19(17)20)23-25-21(3,4)22(5,6)26-23;/h3-30H,1-2H3;1-22H;7-12H,1-6H3;1H4. The van der Waals surface area contributed by atoms with Gasteiger partial charge in [0.05, 0.1) is 34.5 Å². The molecule has 0 N–H and O–H groups in total. The van der Waals surface area contributed by atoms with E-state index in [4.69, 9.17) is 50.8 Å². The van der Waals surface area contributed by atoms with E-state index in [-0.39, 0.29) is 36.6 Å². The molecule has 10 nitrogen and oxygen atoms in total. The van der Waals surface area contributed by atoms with Gasteiger partial charge in [-0.2, -0.15) is 10.5 Å². The van der Waals surface area contributed by atoms with Crippen LogP contribution in [0.3, 0.4) is 0 Å². The largest absolute Gasteiger partial charge is 0.494 e. The zero-order valence-electron chi connectivity index (χ0n) is 65.7. The second-order valence-corrected chi connectivity index (χ2v) is 32.1. The van der Waals surface area contributed by atoms with E-state index < -0.39 is 0 Å². The molecular formula is C105H84BClN8O2. The van der Waals surface area contributed by atoms with Crippen molar-refractivity contribution in [2.24, 2.45) is 0 Å². The molecular weight excluding hydrogens is 1450 g/mol. The van der Waals surface area contributed by atoms with Gasteiger partial charge >= 0.3 is 7.12 Å². The topological polar surface area (TPSA) is 143 Å². The van der Waals surface area contributed by atoms with Crippen LogP contribution in [-0.4, -0.2) is 48.2 Å².